The highest BCUT2D eigenvalue weighted by Crippen LogP contribution is 2.34. The van der Waals surface area contributed by atoms with Gasteiger partial charge in [0.25, 0.3) is 0 Å². The van der Waals surface area contributed by atoms with Crippen LogP contribution in [0.1, 0.15) is 17.1 Å². The minimum atomic E-state index is 0.150. The molecule has 1 aromatic carbocycles. The number of likely N-dealkylation sites (N-methyl/N-ethyl adjacent to an activating group) is 1. The average molecular weight is 451 g/mol. The normalized spacial score (nSPS) is 20.5. The van der Waals surface area contributed by atoms with Crippen molar-refractivity contribution >= 4 is 34.0 Å². The maximum atomic E-state index is 6.31. The lowest BCUT2D eigenvalue weighted by atomic mass is 9.92. The van der Waals surface area contributed by atoms with Crippen LogP contribution in [0.5, 0.6) is 0 Å². The van der Waals surface area contributed by atoms with Crippen LogP contribution in [0.25, 0.3) is 10.9 Å². The predicted octanol–water partition coefficient (Wildman–Crippen LogP) is 3.07. The molecule has 166 valence electrons. The first-order valence-corrected chi connectivity index (χ1v) is 11.6. The van der Waals surface area contributed by atoms with E-state index in [1.807, 2.05) is 25.1 Å². The zero-order valence-corrected chi connectivity index (χ0v) is 19.3. The van der Waals surface area contributed by atoms with E-state index < -0.39 is 0 Å². The molecule has 5 heterocycles. The summed E-state index contributed by atoms with van der Waals surface area (Å²) in [4.78, 5) is 21.5. The third-order valence-electron chi connectivity index (χ3n) is 7.18. The summed E-state index contributed by atoms with van der Waals surface area (Å²) in [5.41, 5.74) is 4.75. The molecule has 0 unspecified atom stereocenters. The van der Waals surface area contributed by atoms with Crippen molar-refractivity contribution in [3.63, 3.8) is 0 Å². The van der Waals surface area contributed by atoms with E-state index in [-0.39, 0.29) is 5.54 Å². The third-order valence-corrected chi connectivity index (χ3v) is 7.42. The van der Waals surface area contributed by atoms with E-state index in [0.29, 0.717) is 5.02 Å². The Labute approximate surface area is 193 Å². The molecule has 0 aliphatic carbocycles. The molecule has 2 fully saturated rings. The number of piperazine rings is 1. The molecular formula is C24H27ClN6O. The molecule has 0 bridgehead atoms. The standard InChI is InChI=1S/C24H27ClN6O/c1-16-27-22-4-3-18(25)10-20(22)23(28-16)30-6-5-21-17(12-30)9-19(11-26-21)31-8-7-29(2)24(13-31)14-32-15-24/h3-4,9-11H,5-8,12-15H2,1-2H3. The van der Waals surface area contributed by atoms with Crippen LogP contribution in [-0.2, 0) is 17.7 Å². The van der Waals surface area contributed by atoms with Gasteiger partial charge in [0.1, 0.15) is 11.6 Å². The molecule has 1 spiro atoms. The van der Waals surface area contributed by atoms with Gasteiger partial charge >= 0.3 is 0 Å². The lowest BCUT2D eigenvalue weighted by Crippen LogP contribution is -2.70. The highest BCUT2D eigenvalue weighted by Gasteiger charge is 2.46. The summed E-state index contributed by atoms with van der Waals surface area (Å²) in [6, 6.07) is 8.16. The van der Waals surface area contributed by atoms with Gasteiger partial charge in [-0.25, -0.2) is 9.97 Å². The van der Waals surface area contributed by atoms with Gasteiger partial charge < -0.3 is 14.5 Å². The summed E-state index contributed by atoms with van der Waals surface area (Å²) in [6.07, 6.45) is 2.96. The number of ether oxygens (including phenoxy) is 1. The minimum Gasteiger partial charge on any atom is -0.377 e. The predicted molar refractivity (Wildman–Crippen MR) is 127 cm³/mol. The monoisotopic (exact) mass is 450 g/mol. The van der Waals surface area contributed by atoms with Gasteiger partial charge in [-0.1, -0.05) is 11.6 Å². The highest BCUT2D eigenvalue weighted by molar-refractivity contribution is 6.31. The number of rotatable bonds is 2. The van der Waals surface area contributed by atoms with E-state index in [0.717, 1.165) is 74.9 Å². The first-order valence-electron chi connectivity index (χ1n) is 11.2. The van der Waals surface area contributed by atoms with Crippen molar-refractivity contribution in [2.45, 2.75) is 25.4 Å². The van der Waals surface area contributed by atoms with Crippen molar-refractivity contribution in [3.05, 3.63) is 52.6 Å². The van der Waals surface area contributed by atoms with E-state index in [1.54, 1.807) is 0 Å². The molecule has 0 amide bonds. The van der Waals surface area contributed by atoms with Gasteiger partial charge in [0.2, 0.25) is 0 Å². The van der Waals surface area contributed by atoms with Crippen molar-refractivity contribution in [2.24, 2.45) is 0 Å². The SMILES string of the molecule is Cc1nc(N2CCc3ncc(N4CCN(C)C5(COC5)C4)cc3C2)c2cc(Cl)ccc2n1. The number of hydrogen-bond donors (Lipinski definition) is 0. The van der Waals surface area contributed by atoms with Gasteiger partial charge in [-0.3, -0.25) is 9.88 Å². The second-order valence-electron chi connectivity index (χ2n) is 9.29. The summed E-state index contributed by atoms with van der Waals surface area (Å²) in [6.45, 7) is 8.28. The minimum absolute atomic E-state index is 0.150. The van der Waals surface area contributed by atoms with Crippen molar-refractivity contribution in [3.8, 4) is 0 Å². The molecule has 0 N–H and O–H groups in total. The van der Waals surface area contributed by atoms with Crippen molar-refractivity contribution < 1.29 is 4.74 Å². The van der Waals surface area contributed by atoms with Crippen LogP contribution in [0.3, 0.4) is 0 Å². The van der Waals surface area contributed by atoms with Gasteiger partial charge in [0.05, 0.1) is 36.2 Å². The Balaban J connectivity index is 1.31. The molecule has 0 atom stereocenters. The van der Waals surface area contributed by atoms with Crippen LogP contribution >= 0.6 is 11.6 Å². The molecule has 3 aromatic rings. The van der Waals surface area contributed by atoms with Crippen molar-refractivity contribution in [2.75, 3.05) is 56.2 Å². The molecule has 2 aromatic heterocycles. The Kier molecular flexibility index (Phi) is 4.75. The molecule has 3 aliphatic heterocycles. The molecule has 0 saturated carbocycles. The molecule has 2 saturated heterocycles. The summed E-state index contributed by atoms with van der Waals surface area (Å²) in [7, 11) is 2.21. The molecule has 7 nitrogen and oxygen atoms in total. The fraction of sp³-hybridized carbons (Fsp3) is 0.458. The number of anilines is 2. The van der Waals surface area contributed by atoms with Crippen LogP contribution in [0.15, 0.2) is 30.5 Å². The Morgan fingerprint density at radius 3 is 2.75 bits per heavy atom. The number of pyridine rings is 1. The van der Waals surface area contributed by atoms with Crippen LogP contribution in [0, 0.1) is 6.92 Å². The molecule has 6 rings (SSSR count). The zero-order valence-electron chi connectivity index (χ0n) is 18.5. The van der Waals surface area contributed by atoms with Crippen molar-refractivity contribution in [1.82, 2.24) is 19.9 Å². The number of aryl methyl sites for hydroxylation is 1. The second-order valence-corrected chi connectivity index (χ2v) is 9.72. The van der Waals surface area contributed by atoms with E-state index in [2.05, 4.69) is 39.0 Å². The summed E-state index contributed by atoms with van der Waals surface area (Å²) in [5, 5.41) is 1.71. The van der Waals surface area contributed by atoms with E-state index >= 15 is 0 Å². The Morgan fingerprint density at radius 1 is 1.06 bits per heavy atom. The average Bonchev–Trinajstić information content (AvgIpc) is 2.77. The lowest BCUT2D eigenvalue weighted by Gasteiger charge is -2.54. The molecule has 8 heteroatoms. The number of nitrogens with zero attached hydrogens (tertiary/aromatic N) is 6. The lowest BCUT2D eigenvalue weighted by molar-refractivity contribution is -0.134. The fourth-order valence-electron chi connectivity index (χ4n) is 5.14. The molecule has 3 aliphatic rings. The quantitative estimate of drug-likeness (QED) is 0.594. The number of halogens is 1. The number of aromatic nitrogens is 3. The topological polar surface area (TPSA) is 57.6 Å². The fourth-order valence-corrected chi connectivity index (χ4v) is 5.31. The van der Waals surface area contributed by atoms with Crippen LogP contribution in [0.2, 0.25) is 5.02 Å². The van der Waals surface area contributed by atoms with Crippen LogP contribution < -0.4 is 9.80 Å². The molecular weight excluding hydrogens is 424 g/mol. The third kappa shape index (κ3) is 3.31. The van der Waals surface area contributed by atoms with Crippen LogP contribution in [0.4, 0.5) is 11.5 Å². The second kappa shape index (κ2) is 7.54. The number of hydrogen-bond acceptors (Lipinski definition) is 7. The molecule has 0 radical (unpaired) electrons. The van der Waals surface area contributed by atoms with Gasteiger partial charge in [-0.2, -0.15) is 0 Å². The van der Waals surface area contributed by atoms with E-state index in [4.69, 9.17) is 26.3 Å². The first kappa shape index (κ1) is 20.1. The Bertz CT molecular complexity index is 1200. The van der Waals surface area contributed by atoms with Gasteiger partial charge in [0.15, 0.2) is 0 Å². The van der Waals surface area contributed by atoms with Gasteiger partial charge in [-0.05, 0) is 43.8 Å². The highest BCUT2D eigenvalue weighted by atomic mass is 35.5. The maximum Gasteiger partial charge on any atom is 0.140 e. The summed E-state index contributed by atoms with van der Waals surface area (Å²) >= 11 is 6.31. The van der Waals surface area contributed by atoms with Crippen LogP contribution in [-0.4, -0.2) is 71.8 Å². The number of benzene rings is 1. The summed E-state index contributed by atoms with van der Waals surface area (Å²) < 4.78 is 5.56. The molecule has 32 heavy (non-hydrogen) atoms. The Morgan fingerprint density at radius 2 is 1.94 bits per heavy atom. The maximum absolute atomic E-state index is 6.31. The first-order chi connectivity index (χ1) is 15.5. The summed E-state index contributed by atoms with van der Waals surface area (Å²) in [5.74, 6) is 1.73. The number of fused-ring (bicyclic) bond motifs is 2. The zero-order chi connectivity index (χ0) is 21.9. The van der Waals surface area contributed by atoms with Gasteiger partial charge in [-0.15, -0.1) is 0 Å². The Hall–Kier alpha value is -2.48. The largest absolute Gasteiger partial charge is 0.377 e. The van der Waals surface area contributed by atoms with E-state index in [9.17, 15) is 0 Å². The van der Waals surface area contributed by atoms with Gasteiger partial charge in [0, 0.05) is 55.2 Å². The van der Waals surface area contributed by atoms with E-state index in [1.165, 1.54) is 16.9 Å². The van der Waals surface area contributed by atoms with Crippen molar-refractivity contribution in [1.29, 1.82) is 0 Å². The smallest absolute Gasteiger partial charge is 0.140 e.